The quantitative estimate of drug-likeness (QED) is 0.824. The lowest BCUT2D eigenvalue weighted by molar-refractivity contribution is 0.192. The van der Waals surface area contributed by atoms with Gasteiger partial charge in [-0.15, -0.1) is 0 Å². The molecule has 2 atom stereocenters. The summed E-state index contributed by atoms with van der Waals surface area (Å²) in [7, 11) is 0. The third kappa shape index (κ3) is 1.74. The molecule has 0 aromatic carbocycles. The smallest absolute Gasteiger partial charge is 0.229 e. The lowest BCUT2D eigenvalue weighted by Crippen LogP contribution is -2.44. The highest BCUT2D eigenvalue weighted by atomic mass is 16.5. The summed E-state index contributed by atoms with van der Waals surface area (Å²) in [4.78, 5) is 4.51. The van der Waals surface area contributed by atoms with E-state index in [1.807, 2.05) is 0 Å². The van der Waals surface area contributed by atoms with Crippen LogP contribution in [-0.4, -0.2) is 36.4 Å². The Balaban J connectivity index is 1.71. The van der Waals surface area contributed by atoms with Crippen LogP contribution in [0.4, 0.5) is 0 Å². The van der Waals surface area contributed by atoms with E-state index in [4.69, 9.17) is 9.26 Å². The topological polar surface area (TPSA) is 60.2 Å². The third-order valence-corrected chi connectivity index (χ3v) is 3.66. The van der Waals surface area contributed by atoms with E-state index < -0.39 is 0 Å². The van der Waals surface area contributed by atoms with Gasteiger partial charge in [0.05, 0.1) is 6.61 Å². The molecule has 1 aromatic rings. The molecule has 2 fully saturated rings. The molecular weight excluding hydrogens is 206 g/mol. The molecule has 0 amide bonds. The number of rotatable bonds is 3. The van der Waals surface area contributed by atoms with Crippen LogP contribution in [0.5, 0.6) is 0 Å². The number of ether oxygens (including phenoxy) is 1. The van der Waals surface area contributed by atoms with E-state index in [2.05, 4.69) is 22.4 Å². The summed E-state index contributed by atoms with van der Waals surface area (Å²) in [5.41, 5.74) is 0. The highest BCUT2D eigenvalue weighted by molar-refractivity contribution is 5.02. The Kier molecular flexibility index (Phi) is 2.65. The average Bonchev–Trinajstić information content (AvgIpc) is 2.86. The van der Waals surface area contributed by atoms with E-state index in [1.165, 1.54) is 0 Å². The minimum atomic E-state index is 0.337. The second kappa shape index (κ2) is 4.14. The van der Waals surface area contributed by atoms with Crippen LogP contribution in [0.25, 0.3) is 0 Å². The van der Waals surface area contributed by atoms with Crippen molar-refractivity contribution in [3.63, 3.8) is 0 Å². The van der Waals surface area contributed by atoms with Gasteiger partial charge in [0.25, 0.3) is 0 Å². The Morgan fingerprint density at radius 2 is 2.31 bits per heavy atom. The van der Waals surface area contributed by atoms with Gasteiger partial charge in [-0.2, -0.15) is 4.98 Å². The van der Waals surface area contributed by atoms with Crippen LogP contribution in [0.3, 0.4) is 0 Å². The number of nitrogens with zero attached hydrogens (tertiary/aromatic N) is 2. The van der Waals surface area contributed by atoms with Crippen molar-refractivity contribution < 1.29 is 9.26 Å². The van der Waals surface area contributed by atoms with Crippen molar-refractivity contribution in [2.75, 3.05) is 26.3 Å². The Hall–Kier alpha value is -0.940. The zero-order valence-electron chi connectivity index (χ0n) is 9.48. The summed E-state index contributed by atoms with van der Waals surface area (Å²) in [5.74, 6) is 2.96. The first-order valence-electron chi connectivity index (χ1n) is 5.96. The molecule has 2 saturated heterocycles. The predicted molar refractivity (Wildman–Crippen MR) is 57.2 cm³/mol. The molecule has 0 saturated carbocycles. The van der Waals surface area contributed by atoms with Crippen LogP contribution < -0.4 is 5.32 Å². The molecule has 0 radical (unpaired) electrons. The minimum Gasteiger partial charge on any atom is -0.381 e. The molecule has 88 valence electrons. The van der Waals surface area contributed by atoms with Gasteiger partial charge in [0, 0.05) is 18.4 Å². The zero-order valence-corrected chi connectivity index (χ0v) is 9.48. The molecule has 5 nitrogen and oxygen atoms in total. The van der Waals surface area contributed by atoms with E-state index >= 15 is 0 Å². The Labute approximate surface area is 94.6 Å². The van der Waals surface area contributed by atoms with Crippen LogP contribution in [0.1, 0.15) is 36.9 Å². The van der Waals surface area contributed by atoms with E-state index in [9.17, 15) is 0 Å². The SMILES string of the molecule is CC(c1nc(C2CCOC2)no1)C1CNC1. The highest BCUT2D eigenvalue weighted by Crippen LogP contribution is 2.28. The van der Waals surface area contributed by atoms with Gasteiger partial charge in [0.1, 0.15) is 0 Å². The third-order valence-electron chi connectivity index (χ3n) is 3.66. The zero-order chi connectivity index (χ0) is 11.0. The first-order valence-corrected chi connectivity index (χ1v) is 5.96. The van der Waals surface area contributed by atoms with Crippen molar-refractivity contribution in [2.45, 2.75) is 25.2 Å². The van der Waals surface area contributed by atoms with Crippen molar-refractivity contribution in [3.8, 4) is 0 Å². The van der Waals surface area contributed by atoms with Gasteiger partial charge in [-0.3, -0.25) is 0 Å². The van der Waals surface area contributed by atoms with E-state index in [1.54, 1.807) is 0 Å². The molecule has 3 rings (SSSR count). The first kappa shape index (κ1) is 10.2. The van der Waals surface area contributed by atoms with Gasteiger partial charge >= 0.3 is 0 Å². The number of hydrogen-bond donors (Lipinski definition) is 1. The molecule has 0 aliphatic carbocycles. The fraction of sp³-hybridized carbons (Fsp3) is 0.818. The number of nitrogens with one attached hydrogen (secondary N) is 1. The maximum absolute atomic E-state index is 5.35. The normalized spacial score (nSPS) is 27.9. The standard InChI is InChI=1S/C11H17N3O2/c1-7(9-4-12-5-9)11-13-10(14-16-11)8-2-3-15-6-8/h7-9,12H,2-6H2,1H3. The van der Waals surface area contributed by atoms with E-state index in [0.29, 0.717) is 17.8 Å². The maximum Gasteiger partial charge on any atom is 0.229 e. The van der Waals surface area contributed by atoms with Gasteiger partial charge in [-0.05, 0) is 25.4 Å². The summed E-state index contributed by atoms with van der Waals surface area (Å²) >= 11 is 0. The van der Waals surface area contributed by atoms with Crippen LogP contribution in [0, 0.1) is 5.92 Å². The molecule has 0 bridgehead atoms. The van der Waals surface area contributed by atoms with Crippen molar-refractivity contribution in [1.82, 2.24) is 15.5 Å². The largest absolute Gasteiger partial charge is 0.381 e. The number of aromatic nitrogens is 2. The summed E-state index contributed by atoms with van der Waals surface area (Å²) < 4.78 is 10.7. The lowest BCUT2D eigenvalue weighted by Gasteiger charge is -2.30. The van der Waals surface area contributed by atoms with Crippen molar-refractivity contribution in [3.05, 3.63) is 11.7 Å². The van der Waals surface area contributed by atoms with Crippen LogP contribution >= 0.6 is 0 Å². The van der Waals surface area contributed by atoms with Gasteiger partial charge in [-0.25, -0.2) is 0 Å². The van der Waals surface area contributed by atoms with E-state index in [0.717, 1.165) is 44.4 Å². The molecule has 16 heavy (non-hydrogen) atoms. The van der Waals surface area contributed by atoms with E-state index in [-0.39, 0.29) is 0 Å². The molecule has 1 N–H and O–H groups in total. The summed E-state index contributed by atoms with van der Waals surface area (Å²) in [6, 6.07) is 0. The Morgan fingerprint density at radius 1 is 1.44 bits per heavy atom. The summed E-state index contributed by atoms with van der Waals surface area (Å²) in [6.07, 6.45) is 1.01. The second-order valence-corrected chi connectivity index (χ2v) is 4.76. The van der Waals surface area contributed by atoms with Crippen LogP contribution in [0.15, 0.2) is 4.52 Å². The van der Waals surface area contributed by atoms with Crippen molar-refractivity contribution >= 4 is 0 Å². The molecule has 2 aliphatic rings. The summed E-state index contributed by atoms with van der Waals surface area (Å²) in [6.45, 7) is 5.83. The van der Waals surface area contributed by atoms with Gasteiger partial charge < -0.3 is 14.6 Å². The van der Waals surface area contributed by atoms with Gasteiger partial charge in [-0.1, -0.05) is 12.1 Å². The highest BCUT2D eigenvalue weighted by Gasteiger charge is 2.30. The number of hydrogen-bond acceptors (Lipinski definition) is 5. The molecule has 2 aliphatic heterocycles. The predicted octanol–water partition coefficient (Wildman–Crippen LogP) is 0.896. The fourth-order valence-electron chi connectivity index (χ4n) is 2.20. The Bertz CT molecular complexity index is 356. The monoisotopic (exact) mass is 223 g/mol. The molecular formula is C11H17N3O2. The lowest BCUT2D eigenvalue weighted by atomic mass is 9.89. The second-order valence-electron chi connectivity index (χ2n) is 4.76. The van der Waals surface area contributed by atoms with Crippen molar-refractivity contribution in [2.24, 2.45) is 5.92 Å². The molecule has 3 heterocycles. The molecule has 2 unspecified atom stereocenters. The molecule has 0 spiro atoms. The first-order chi connectivity index (χ1) is 7.84. The van der Waals surface area contributed by atoms with Gasteiger partial charge in [0.2, 0.25) is 5.89 Å². The minimum absolute atomic E-state index is 0.337. The molecule has 5 heteroatoms. The fourth-order valence-corrected chi connectivity index (χ4v) is 2.20. The van der Waals surface area contributed by atoms with Crippen molar-refractivity contribution in [1.29, 1.82) is 0 Å². The van der Waals surface area contributed by atoms with Crippen LogP contribution in [0.2, 0.25) is 0 Å². The van der Waals surface area contributed by atoms with Crippen LogP contribution in [-0.2, 0) is 4.74 Å². The molecule has 1 aromatic heterocycles. The van der Waals surface area contributed by atoms with Gasteiger partial charge in [0.15, 0.2) is 5.82 Å². The summed E-state index contributed by atoms with van der Waals surface area (Å²) in [5, 5.41) is 7.34. The Morgan fingerprint density at radius 3 is 2.94 bits per heavy atom. The maximum atomic E-state index is 5.35. The average molecular weight is 223 g/mol.